The highest BCUT2D eigenvalue weighted by atomic mass is 31.2. The third-order valence-electron chi connectivity index (χ3n) is 2.51. The van der Waals surface area contributed by atoms with Crippen LogP contribution in [0, 0.1) is 11.8 Å². The smallest absolute Gasteiger partial charge is 0.310 e. The largest absolute Gasteiger partial charge is 0.481 e. The van der Waals surface area contributed by atoms with Crippen LogP contribution in [0.3, 0.4) is 0 Å². The number of hydrogen-bond acceptors (Lipinski definition) is 5. The summed E-state index contributed by atoms with van der Waals surface area (Å²) in [6.45, 7) is 3.64. The second-order valence-electron chi connectivity index (χ2n) is 4.80. The minimum atomic E-state index is -3.74. The highest BCUT2D eigenvalue weighted by Gasteiger charge is 2.46. The van der Waals surface area contributed by atoms with Crippen molar-refractivity contribution in [3.05, 3.63) is 0 Å². The number of nitrogens with two attached hydrogens (primary N) is 1. The molecule has 0 aliphatic rings. The molecule has 0 spiro atoms. The first kappa shape index (κ1) is 17.2. The minimum absolute atomic E-state index is 0.0850. The topological polar surface area (TPSA) is 141 Å². The van der Waals surface area contributed by atoms with Crippen LogP contribution in [0.1, 0.15) is 26.7 Å². The van der Waals surface area contributed by atoms with Crippen molar-refractivity contribution < 1.29 is 29.6 Å². The first-order valence-corrected chi connectivity index (χ1v) is 7.54. The van der Waals surface area contributed by atoms with Crippen LogP contribution in [0.25, 0.3) is 0 Å². The number of hydrogen-bond donors (Lipinski definition) is 5. The standard InChI is InChI=1S/C10H20NO6P/c1-6(2)3-7(10(14)15)5-18(16,17)8(11)4-9(12)13/h6-8,16-17H,3-5,11H2,1-2H3,(H-,12,13,14,15)/p+1/t7-,8+/m0/s1. The molecular formula is C10H21NO6P+. The molecule has 0 amide bonds. The Morgan fingerprint density at radius 3 is 2.06 bits per heavy atom. The van der Waals surface area contributed by atoms with Crippen LogP contribution in [0.4, 0.5) is 0 Å². The molecule has 0 aliphatic heterocycles. The van der Waals surface area contributed by atoms with Gasteiger partial charge in [-0.25, -0.2) is 9.79 Å². The van der Waals surface area contributed by atoms with Gasteiger partial charge in [-0.05, 0) is 12.3 Å². The second kappa shape index (κ2) is 6.99. The zero-order valence-corrected chi connectivity index (χ0v) is 11.4. The minimum Gasteiger partial charge on any atom is -0.481 e. The maximum absolute atomic E-state index is 11.0. The van der Waals surface area contributed by atoms with E-state index in [0.29, 0.717) is 0 Å². The molecule has 0 fully saturated rings. The molecule has 0 saturated carbocycles. The van der Waals surface area contributed by atoms with E-state index in [2.05, 4.69) is 0 Å². The van der Waals surface area contributed by atoms with Gasteiger partial charge in [0.1, 0.15) is 12.6 Å². The maximum Gasteiger partial charge on any atom is 0.310 e. The van der Waals surface area contributed by atoms with E-state index in [0.717, 1.165) is 0 Å². The highest BCUT2D eigenvalue weighted by Crippen LogP contribution is 2.55. The summed E-state index contributed by atoms with van der Waals surface area (Å²) < 4.78 is 0. The molecule has 0 bridgehead atoms. The molecule has 0 aromatic rings. The van der Waals surface area contributed by atoms with Gasteiger partial charge in [-0.1, -0.05) is 13.8 Å². The molecule has 18 heavy (non-hydrogen) atoms. The molecule has 2 atom stereocenters. The lowest BCUT2D eigenvalue weighted by Crippen LogP contribution is -2.32. The van der Waals surface area contributed by atoms with Gasteiger partial charge in [-0.2, -0.15) is 0 Å². The summed E-state index contributed by atoms with van der Waals surface area (Å²) in [7, 11) is -3.74. The van der Waals surface area contributed by atoms with E-state index in [-0.39, 0.29) is 18.5 Å². The summed E-state index contributed by atoms with van der Waals surface area (Å²) >= 11 is 0. The SMILES string of the molecule is CC(C)C[C@@H](C[P+](O)(O)[C@@H](N)CC(=O)O)C(=O)O. The second-order valence-corrected chi connectivity index (χ2v) is 7.40. The van der Waals surface area contributed by atoms with Crippen LogP contribution in [-0.2, 0) is 9.59 Å². The molecule has 0 aromatic heterocycles. The van der Waals surface area contributed by atoms with Gasteiger partial charge in [0.05, 0.1) is 5.92 Å². The normalized spacial score (nSPS) is 15.4. The van der Waals surface area contributed by atoms with Crippen molar-refractivity contribution in [1.29, 1.82) is 0 Å². The third-order valence-corrected chi connectivity index (χ3v) is 4.73. The maximum atomic E-state index is 11.0. The van der Waals surface area contributed by atoms with E-state index in [4.69, 9.17) is 15.9 Å². The Hall–Kier alpha value is -0.750. The molecule has 0 aromatic carbocycles. The van der Waals surface area contributed by atoms with E-state index in [1.807, 2.05) is 13.8 Å². The van der Waals surface area contributed by atoms with Gasteiger partial charge in [0, 0.05) is 0 Å². The Bertz CT molecular complexity index is 307. The third kappa shape index (κ3) is 6.26. The Labute approximate surface area is 106 Å². The molecule has 0 rings (SSSR count). The fourth-order valence-corrected chi connectivity index (χ4v) is 3.28. The summed E-state index contributed by atoms with van der Waals surface area (Å²) in [4.78, 5) is 41.0. The Balaban J connectivity index is 4.68. The van der Waals surface area contributed by atoms with Crippen molar-refractivity contribution in [3.8, 4) is 0 Å². The fourth-order valence-electron chi connectivity index (χ4n) is 1.61. The molecule has 0 radical (unpaired) electrons. The van der Waals surface area contributed by atoms with E-state index in [1.165, 1.54) is 0 Å². The van der Waals surface area contributed by atoms with Crippen LogP contribution < -0.4 is 5.73 Å². The number of carboxylic acid groups (broad SMARTS) is 2. The van der Waals surface area contributed by atoms with Crippen molar-refractivity contribution >= 4 is 19.7 Å². The quantitative estimate of drug-likeness (QED) is 0.404. The van der Waals surface area contributed by atoms with Gasteiger partial charge < -0.3 is 10.2 Å². The van der Waals surface area contributed by atoms with Gasteiger partial charge >= 0.3 is 11.9 Å². The van der Waals surface area contributed by atoms with Crippen molar-refractivity contribution in [1.82, 2.24) is 0 Å². The molecule has 0 saturated heterocycles. The van der Waals surface area contributed by atoms with E-state index in [9.17, 15) is 19.4 Å². The lowest BCUT2D eigenvalue weighted by molar-refractivity contribution is -0.141. The lowest BCUT2D eigenvalue weighted by Gasteiger charge is -2.22. The number of carboxylic acids is 2. The highest BCUT2D eigenvalue weighted by molar-refractivity contribution is 7.65. The van der Waals surface area contributed by atoms with Gasteiger partial charge in [-0.3, -0.25) is 15.3 Å². The van der Waals surface area contributed by atoms with Crippen molar-refractivity contribution in [3.63, 3.8) is 0 Å². The summed E-state index contributed by atoms with van der Waals surface area (Å²) in [5.41, 5.74) is 5.41. The van der Waals surface area contributed by atoms with Crippen molar-refractivity contribution in [2.45, 2.75) is 32.5 Å². The molecular weight excluding hydrogens is 261 g/mol. The monoisotopic (exact) mass is 282 g/mol. The van der Waals surface area contributed by atoms with E-state index < -0.39 is 37.8 Å². The van der Waals surface area contributed by atoms with Gasteiger partial charge in [-0.15, -0.1) is 0 Å². The van der Waals surface area contributed by atoms with Crippen LogP contribution in [-0.4, -0.2) is 43.9 Å². The fraction of sp³-hybridized carbons (Fsp3) is 0.800. The van der Waals surface area contributed by atoms with E-state index in [1.54, 1.807) is 0 Å². The Morgan fingerprint density at radius 1 is 1.22 bits per heavy atom. The molecule has 0 aliphatic carbocycles. The summed E-state index contributed by atoms with van der Waals surface area (Å²) in [6, 6.07) is 0. The summed E-state index contributed by atoms with van der Waals surface area (Å²) in [6.07, 6.45) is -0.679. The predicted molar refractivity (Wildman–Crippen MR) is 67.0 cm³/mol. The average molecular weight is 282 g/mol. The zero-order chi connectivity index (χ0) is 14.5. The van der Waals surface area contributed by atoms with Crippen LogP contribution >= 0.6 is 7.72 Å². The number of carbonyl (C=O) groups is 2. The molecule has 6 N–H and O–H groups in total. The molecule has 0 unspecified atom stereocenters. The number of aliphatic carboxylic acids is 2. The average Bonchev–Trinajstić information content (AvgIpc) is 2.14. The van der Waals surface area contributed by atoms with Crippen molar-refractivity contribution in [2.75, 3.05) is 6.16 Å². The van der Waals surface area contributed by atoms with Gasteiger partial charge in [0.15, 0.2) is 5.78 Å². The lowest BCUT2D eigenvalue weighted by atomic mass is 9.99. The van der Waals surface area contributed by atoms with Gasteiger partial charge in [0.2, 0.25) is 0 Å². The predicted octanol–water partition coefficient (Wildman–Crippen LogP) is 0.325. The Morgan fingerprint density at radius 2 is 1.72 bits per heavy atom. The molecule has 106 valence electrons. The van der Waals surface area contributed by atoms with Crippen LogP contribution in [0.15, 0.2) is 0 Å². The first-order valence-electron chi connectivity index (χ1n) is 5.59. The summed E-state index contributed by atoms with van der Waals surface area (Å²) in [5.74, 6) is -4.52. The Kier molecular flexibility index (Phi) is 6.70. The zero-order valence-electron chi connectivity index (χ0n) is 10.5. The number of rotatable bonds is 8. The van der Waals surface area contributed by atoms with E-state index >= 15 is 0 Å². The molecule has 8 heteroatoms. The van der Waals surface area contributed by atoms with Crippen LogP contribution in [0.5, 0.6) is 0 Å². The summed E-state index contributed by atoms with van der Waals surface area (Å²) in [5, 5.41) is 17.5. The molecule has 7 nitrogen and oxygen atoms in total. The van der Waals surface area contributed by atoms with Gasteiger partial charge in [0.25, 0.3) is 7.72 Å². The molecule has 0 heterocycles. The van der Waals surface area contributed by atoms with Crippen molar-refractivity contribution in [2.24, 2.45) is 17.6 Å². The van der Waals surface area contributed by atoms with Crippen LogP contribution in [0.2, 0.25) is 0 Å². The first-order chi connectivity index (χ1) is 8.06.